The van der Waals surface area contributed by atoms with Gasteiger partial charge in [-0.2, -0.15) is 0 Å². The third kappa shape index (κ3) is 2.59. The monoisotopic (exact) mass is 281 g/mol. The fraction of sp³-hybridized carbons (Fsp3) is 0. The second kappa shape index (κ2) is 5.09. The summed E-state index contributed by atoms with van der Waals surface area (Å²) >= 11 is 0. The molecule has 0 saturated carbocycles. The molecule has 2 aromatic heterocycles. The number of anilines is 1. The molecule has 0 spiro atoms. The number of rotatable bonds is 3. The molecule has 6 nitrogen and oxygen atoms in total. The Hall–Kier alpha value is -3.15. The molecule has 1 aromatic carbocycles. The van der Waals surface area contributed by atoms with Gasteiger partial charge in [-0.25, -0.2) is 9.78 Å². The number of nitrogens with zero attached hydrogens (tertiary/aromatic N) is 2. The van der Waals surface area contributed by atoms with Crippen molar-refractivity contribution in [1.29, 1.82) is 0 Å². The molecule has 6 heteroatoms. The molecule has 0 amide bonds. The molecular weight excluding hydrogens is 270 g/mol. The van der Waals surface area contributed by atoms with Gasteiger partial charge in [0.25, 0.3) is 0 Å². The van der Waals surface area contributed by atoms with Gasteiger partial charge in [-0.1, -0.05) is 18.2 Å². The summed E-state index contributed by atoms with van der Waals surface area (Å²) in [4.78, 5) is 19.0. The van der Waals surface area contributed by atoms with Crippen LogP contribution in [0.2, 0.25) is 0 Å². The summed E-state index contributed by atoms with van der Waals surface area (Å²) in [5.41, 5.74) is 6.77. The van der Waals surface area contributed by atoms with Crippen LogP contribution in [0.5, 0.6) is 11.6 Å². The Labute approximate surface area is 119 Å². The number of pyridine rings is 2. The maximum Gasteiger partial charge on any atom is 0.337 e. The van der Waals surface area contributed by atoms with Crippen LogP contribution < -0.4 is 10.5 Å². The van der Waals surface area contributed by atoms with Gasteiger partial charge in [0, 0.05) is 11.6 Å². The van der Waals surface area contributed by atoms with Crippen LogP contribution in [0.25, 0.3) is 10.9 Å². The number of carbonyl (C=O) groups is 1. The Morgan fingerprint density at radius 3 is 2.71 bits per heavy atom. The predicted octanol–water partition coefficient (Wildman–Crippen LogP) is 2.70. The largest absolute Gasteiger partial charge is 0.478 e. The predicted molar refractivity (Wildman–Crippen MR) is 77.4 cm³/mol. The Balaban J connectivity index is 1.93. The van der Waals surface area contributed by atoms with Crippen LogP contribution in [-0.2, 0) is 0 Å². The molecule has 0 aliphatic heterocycles. The maximum absolute atomic E-state index is 10.8. The van der Waals surface area contributed by atoms with Crippen molar-refractivity contribution in [3.8, 4) is 11.6 Å². The number of fused-ring (bicyclic) bond motifs is 1. The van der Waals surface area contributed by atoms with Crippen molar-refractivity contribution < 1.29 is 14.6 Å². The molecule has 0 atom stereocenters. The third-order valence-electron chi connectivity index (χ3n) is 2.91. The van der Waals surface area contributed by atoms with Crippen LogP contribution in [-0.4, -0.2) is 21.0 Å². The second-order valence-electron chi connectivity index (χ2n) is 4.39. The number of hydrogen-bond donors (Lipinski definition) is 2. The molecule has 3 rings (SSSR count). The van der Waals surface area contributed by atoms with E-state index in [9.17, 15) is 4.79 Å². The van der Waals surface area contributed by atoms with Gasteiger partial charge in [0.05, 0.1) is 23.0 Å². The number of hydrogen-bond acceptors (Lipinski definition) is 5. The number of ether oxygens (including phenoxy) is 1. The number of carboxylic acids is 1. The molecule has 3 aromatic rings. The van der Waals surface area contributed by atoms with Gasteiger partial charge >= 0.3 is 5.97 Å². The van der Waals surface area contributed by atoms with Gasteiger partial charge in [-0.3, -0.25) is 4.98 Å². The molecular formula is C15H11N3O3. The van der Waals surface area contributed by atoms with Gasteiger partial charge in [0.1, 0.15) is 5.75 Å². The molecule has 0 fully saturated rings. The van der Waals surface area contributed by atoms with Crippen LogP contribution in [0.4, 0.5) is 5.69 Å². The highest BCUT2D eigenvalue weighted by Crippen LogP contribution is 2.27. The smallest absolute Gasteiger partial charge is 0.337 e. The third-order valence-corrected chi connectivity index (χ3v) is 2.91. The molecule has 0 aliphatic rings. The first kappa shape index (κ1) is 12.9. The Bertz CT molecular complexity index is 833. The second-order valence-corrected chi connectivity index (χ2v) is 4.39. The average molecular weight is 281 g/mol. The summed E-state index contributed by atoms with van der Waals surface area (Å²) in [6, 6.07) is 10.7. The SMILES string of the molecule is Nc1cc(C(=O)O)cnc1Oc1cnc2ccccc2c1. The molecule has 104 valence electrons. The number of nitrogens with two attached hydrogens (primary N) is 1. The average Bonchev–Trinajstić information content (AvgIpc) is 2.49. The first-order valence-corrected chi connectivity index (χ1v) is 6.15. The van der Waals surface area contributed by atoms with E-state index in [0.717, 1.165) is 10.9 Å². The lowest BCUT2D eigenvalue weighted by molar-refractivity contribution is 0.0696. The lowest BCUT2D eigenvalue weighted by Gasteiger charge is -2.08. The van der Waals surface area contributed by atoms with Gasteiger partial charge in [-0.05, 0) is 18.2 Å². The number of aromatic carboxylic acids is 1. The summed E-state index contributed by atoms with van der Waals surface area (Å²) in [5, 5.41) is 9.79. The van der Waals surface area contributed by atoms with Crippen molar-refractivity contribution in [2.24, 2.45) is 0 Å². The first-order valence-electron chi connectivity index (χ1n) is 6.15. The highest BCUT2D eigenvalue weighted by Gasteiger charge is 2.10. The van der Waals surface area contributed by atoms with E-state index in [-0.39, 0.29) is 17.1 Å². The molecule has 0 bridgehead atoms. The fourth-order valence-corrected chi connectivity index (χ4v) is 1.89. The van der Waals surface area contributed by atoms with E-state index >= 15 is 0 Å². The van der Waals surface area contributed by atoms with Gasteiger partial charge in [-0.15, -0.1) is 0 Å². The Kier molecular flexibility index (Phi) is 3.12. The highest BCUT2D eigenvalue weighted by atomic mass is 16.5. The molecule has 0 saturated heterocycles. The number of nitrogen functional groups attached to an aromatic ring is 1. The Morgan fingerprint density at radius 1 is 1.14 bits per heavy atom. The summed E-state index contributed by atoms with van der Waals surface area (Å²) < 4.78 is 5.56. The quantitative estimate of drug-likeness (QED) is 0.765. The van der Waals surface area contributed by atoms with E-state index in [1.807, 2.05) is 30.3 Å². The standard InChI is InChI=1S/C15H11N3O3/c16-12-6-10(15(19)20)7-18-14(12)21-11-5-9-3-1-2-4-13(9)17-8-11/h1-8H,16H2,(H,19,20). The first-order chi connectivity index (χ1) is 10.1. The van der Waals surface area contributed by atoms with E-state index in [1.54, 1.807) is 6.20 Å². The van der Waals surface area contributed by atoms with Gasteiger partial charge in [0.2, 0.25) is 5.88 Å². The van der Waals surface area contributed by atoms with E-state index < -0.39 is 5.97 Å². The molecule has 0 aliphatic carbocycles. The topological polar surface area (TPSA) is 98.3 Å². The lowest BCUT2D eigenvalue weighted by Crippen LogP contribution is -2.01. The minimum absolute atomic E-state index is 0.0106. The van der Waals surface area contributed by atoms with Crippen molar-refractivity contribution in [3.63, 3.8) is 0 Å². The van der Waals surface area contributed by atoms with Crippen molar-refractivity contribution >= 4 is 22.6 Å². The summed E-state index contributed by atoms with van der Waals surface area (Å²) in [5.74, 6) is -0.457. The van der Waals surface area contributed by atoms with Crippen LogP contribution in [0.15, 0.2) is 48.8 Å². The lowest BCUT2D eigenvalue weighted by atomic mass is 10.2. The van der Waals surface area contributed by atoms with E-state index in [1.165, 1.54) is 12.3 Å². The van der Waals surface area contributed by atoms with E-state index in [2.05, 4.69) is 9.97 Å². The fourth-order valence-electron chi connectivity index (χ4n) is 1.89. The maximum atomic E-state index is 10.8. The Morgan fingerprint density at radius 2 is 1.95 bits per heavy atom. The molecule has 2 heterocycles. The van der Waals surface area contributed by atoms with E-state index in [0.29, 0.717) is 5.75 Å². The van der Waals surface area contributed by atoms with Crippen molar-refractivity contribution in [1.82, 2.24) is 9.97 Å². The zero-order valence-corrected chi connectivity index (χ0v) is 10.9. The van der Waals surface area contributed by atoms with Crippen LogP contribution in [0.3, 0.4) is 0 Å². The zero-order valence-electron chi connectivity index (χ0n) is 10.9. The summed E-state index contributed by atoms with van der Waals surface area (Å²) in [6.45, 7) is 0. The molecule has 21 heavy (non-hydrogen) atoms. The van der Waals surface area contributed by atoms with Crippen LogP contribution in [0, 0.1) is 0 Å². The van der Waals surface area contributed by atoms with Crippen LogP contribution in [0.1, 0.15) is 10.4 Å². The highest BCUT2D eigenvalue weighted by molar-refractivity contribution is 5.88. The number of para-hydroxylation sites is 1. The van der Waals surface area contributed by atoms with Crippen molar-refractivity contribution in [2.75, 3.05) is 5.73 Å². The molecule has 3 N–H and O–H groups in total. The van der Waals surface area contributed by atoms with Gasteiger partial charge in [0.15, 0.2) is 0 Å². The number of aromatic nitrogens is 2. The summed E-state index contributed by atoms with van der Waals surface area (Å²) in [7, 11) is 0. The zero-order chi connectivity index (χ0) is 14.8. The molecule has 0 unspecified atom stereocenters. The van der Waals surface area contributed by atoms with Crippen molar-refractivity contribution in [3.05, 3.63) is 54.4 Å². The van der Waals surface area contributed by atoms with E-state index in [4.69, 9.17) is 15.6 Å². The molecule has 0 radical (unpaired) electrons. The summed E-state index contributed by atoms with van der Waals surface area (Å²) in [6.07, 6.45) is 2.76. The number of carboxylic acid groups (broad SMARTS) is 1. The van der Waals surface area contributed by atoms with Crippen LogP contribution >= 0.6 is 0 Å². The van der Waals surface area contributed by atoms with Crippen molar-refractivity contribution in [2.45, 2.75) is 0 Å². The van der Waals surface area contributed by atoms with Gasteiger partial charge < -0.3 is 15.6 Å². The normalized spacial score (nSPS) is 10.5. The minimum atomic E-state index is -1.09. The minimum Gasteiger partial charge on any atom is -0.478 e. The number of benzene rings is 1.